The fraction of sp³-hybridized carbons (Fsp3) is 0.267. The molecule has 20 heavy (non-hydrogen) atoms. The van der Waals surface area contributed by atoms with Crippen LogP contribution in [0.5, 0.6) is 0 Å². The van der Waals surface area contributed by atoms with Gasteiger partial charge < -0.3 is 11.1 Å². The molecular weight excluding hydrogens is 252 g/mol. The highest BCUT2D eigenvalue weighted by Crippen LogP contribution is 2.19. The second-order valence-electron chi connectivity index (χ2n) is 4.55. The van der Waals surface area contributed by atoms with Crippen molar-refractivity contribution in [2.75, 3.05) is 11.9 Å². The number of nitrogens with two attached hydrogens (primary N) is 1. The van der Waals surface area contributed by atoms with Crippen molar-refractivity contribution in [1.29, 1.82) is 0 Å². The molecule has 0 aliphatic heterocycles. The first-order valence-corrected chi connectivity index (χ1v) is 6.61. The predicted molar refractivity (Wildman–Crippen MR) is 78.5 cm³/mol. The fourth-order valence-corrected chi connectivity index (χ4v) is 2.02. The summed E-state index contributed by atoms with van der Waals surface area (Å²) in [5, 5.41) is 3.21. The molecule has 0 fully saturated rings. The lowest BCUT2D eigenvalue weighted by molar-refractivity contribution is 0.0995. The van der Waals surface area contributed by atoms with E-state index in [1.54, 1.807) is 6.20 Å². The average Bonchev–Trinajstić information content (AvgIpc) is 2.49. The van der Waals surface area contributed by atoms with E-state index in [0.717, 1.165) is 13.0 Å². The first kappa shape index (κ1) is 14.0. The summed E-state index contributed by atoms with van der Waals surface area (Å²) in [6, 6.07) is 10.3. The number of nitrogens with one attached hydrogen (secondary N) is 1. The molecule has 1 atom stereocenters. The Kier molecular flexibility index (Phi) is 4.65. The van der Waals surface area contributed by atoms with Crippen LogP contribution >= 0.6 is 0 Å². The lowest BCUT2D eigenvalue weighted by Gasteiger charge is -2.16. The third-order valence-corrected chi connectivity index (χ3v) is 3.18. The van der Waals surface area contributed by atoms with Gasteiger partial charge in [0.05, 0.1) is 12.4 Å². The summed E-state index contributed by atoms with van der Waals surface area (Å²) in [6.07, 6.45) is 3.96. The molecule has 1 aromatic carbocycles. The van der Waals surface area contributed by atoms with E-state index in [1.165, 1.54) is 11.8 Å². The first-order valence-electron chi connectivity index (χ1n) is 6.61. The van der Waals surface area contributed by atoms with E-state index in [0.29, 0.717) is 11.7 Å². The zero-order valence-electron chi connectivity index (χ0n) is 11.4. The quantitative estimate of drug-likeness (QED) is 0.843. The van der Waals surface area contributed by atoms with Gasteiger partial charge in [0.15, 0.2) is 0 Å². The highest BCUT2D eigenvalue weighted by Gasteiger charge is 2.10. The molecule has 5 nitrogen and oxygen atoms in total. The minimum Gasteiger partial charge on any atom is -0.368 e. The van der Waals surface area contributed by atoms with Crippen LogP contribution in [-0.4, -0.2) is 22.4 Å². The third kappa shape index (κ3) is 3.54. The zero-order valence-corrected chi connectivity index (χ0v) is 11.4. The van der Waals surface area contributed by atoms with E-state index in [9.17, 15) is 4.79 Å². The number of carbonyl (C=O) groups is 1. The minimum atomic E-state index is -0.573. The van der Waals surface area contributed by atoms with Gasteiger partial charge in [-0.2, -0.15) is 0 Å². The van der Waals surface area contributed by atoms with Gasteiger partial charge in [0.25, 0.3) is 5.91 Å². The van der Waals surface area contributed by atoms with E-state index in [2.05, 4.69) is 34.3 Å². The molecule has 5 heteroatoms. The maximum Gasteiger partial charge on any atom is 0.268 e. The van der Waals surface area contributed by atoms with Crippen LogP contribution in [0, 0.1) is 0 Å². The first-order chi connectivity index (χ1) is 9.70. The number of benzene rings is 1. The molecule has 0 saturated carbocycles. The number of nitrogens with zero attached hydrogens (tertiary/aromatic N) is 2. The molecule has 0 spiro atoms. The Labute approximate surface area is 118 Å². The molecule has 1 amide bonds. The van der Waals surface area contributed by atoms with Crippen LogP contribution in [0.15, 0.2) is 42.7 Å². The maximum atomic E-state index is 11.1. The van der Waals surface area contributed by atoms with Gasteiger partial charge in [0, 0.05) is 12.5 Å². The van der Waals surface area contributed by atoms with Gasteiger partial charge in [0.1, 0.15) is 11.5 Å². The van der Waals surface area contributed by atoms with Crippen molar-refractivity contribution >= 4 is 11.7 Å². The fourth-order valence-electron chi connectivity index (χ4n) is 2.02. The Balaban J connectivity index is 2.03. The maximum absolute atomic E-state index is 11.1. The average molecular weight is 270 g/mol. The summed E-state index contributed by atoms with van der Waals surface area (Å²) in [5.74, 6) is 0.377. The summed E-state index contributed by atoms with van der Waals surface area (Å²) in [4.78, 5) is 19.1. The van der Waals surface area contributed by atoms with Crippen molar-refractivity contribution in [2.45, 2.75) is 19.3 Å². The molecule has 2 aromatic rings. The number of hydrogen-bond donors (Lipinski definition) is 2. The normalized spacial score (nSPS) is 11.8. The smallest absolute Gasteiger partial charge is 0.268 e. The SMILES string of the molecule is CCC(CNc1cncc(C(N)=O)n1)c1ccccc1. The Morgan fingerprint density at radius 2 is 2.05 bits per heavy atom. The number of rotatable bonds is 6. The Morgan fingerprint density at radius 1 is 1.30 bits per heavy atom. The van der Waals surface area contributed by atoms with E-state index in [1.807, 2.05) is 18.2 Å². The molecule has 1 unspecified atom stereocenters. The second-order valence-corrected chi connectivity index (χ2v) is 4.55. The molecule has 0 radical (unpaired) electrons. The molecule has 0 aliphatic carbocycles. The second kappa shape index (κ2) is 6.65. The summed E-state index contributed by atoms with van der Waals surface area (Å²) in [5.41, 5.74) is 6.64. The number of hydrogen-bond acceptors (Lipinski definition) is 4. The molecule has 0 aliphatic rings. The highest BCUT2D eigenvalue weighted by atomic mass is 16.1. The molecule has 1 aromatic heterocycles. The van der Waals surface area contributed by atoms with Gasteiger partial charge in [-0.1, -0.05) is 37.3 Å². The topological polar surface area (TPSA) is 80.9 Å². The molecule has 2 rings (SSSR count). The third-order valence-electron chi connectivity index (χ3n) is 3.18. The molecule has 0 saturated heterocycles. The van der Waals surface area contributed by atoms with Gasteiger partial charge >= 0.3 is 0 Å². The van der Waals surface area contributed by atoms with E-state index >= 15 is 0 Å². The summed E-state index contributed by atoms with van der Waals surface area (Å²) < 4.78 is 0. The Hall–Kier alpha value is -2.43. The van der Waals surface area contributed by atoms with Gasteiger partial charge in [0.2, 0.25) is 0 Å². The van der Waals surface area contributed by atoms with E-state index < -0.39 is 5.91 Å². The van der Waals surface area contributed by atoms with Crippen molar-refractivity contribution in [3.05, 3.63) is 54.0 Å². The molecule has 104 valence electrons. The zero-order chi connectivity index (χ0) is 14.4. The summed E-state index contributed by atoms with van der Waals surface area (Å²) >= 11 is 0. The summed E-state index contributed by atoms with van der Waals surface area (Å²) in [6.45, 7) is 2.88. The number of primary amides is 1. The van der Waals surface area contributed by atoms with Crippen LogP contribution in [0.25, 0.3) is 0 Å². The number of aromatic nitrogens is 2. The lowest BCUT2D eigenvalue weighted by atomic mass is 9.96. The summed E-state index contributed by atoms with van der Waals surface area (Å²) in [7, 11) is 0. The molecule has 3 N–H and O–H groups in total. The Morgan fingerprint density at radius 3 is 2.70 bits per heavy atom. The number of anilines is 1. The van der Waals surface area contributed by atoms with Gasteiger partial charge in [-0.15, -0.1) is 0 Å². The van der Waals surface area contributed by atoms with Crippen LogP contribution in [0.1, 0.15) is 35.3 Å². The number of amides is 1. The highest BCUT2D eigenvalue weighted by molar-refractivity contribution is 5.90. The lowest BCUT2D eigenvalue weighted by Crippen LogP contribution is -2.17. The van der Waals surface area contributed by atoms with Crippen LogP contribution < -0.4 is 11.1 Å². The van der Waals surface area contributed by atoms with E-state index in [-0.39, 0.29) is 5.69 Å². The van der Waals surface area contributed by atoms with Crippen LogP contribution in [-0.2, 0) is 0 Å². The van der Waals surface area contributed by atoms with Gasteiger partial charge in [-0.25, -0.2) is 4.98 Å². The van der Waals surface area contributed by atoms with Crippen molar-refractivity contribution in [2.24, 2.45) is 5.73 Å². The molecule has 0 bridgehead atoms. The van der Waals surface area contributed by atoms with Crippen LogP contribution in [0.4, 0.5) is 5.82 Å². The number of carbonyl (C=O) groups excluding carboxylic acids is 1. The minimum absolute atomic E-state index is 0.169. The molecular formula is C15H18N4O. The monoisotopic (exact) mass is 270 g/mol. The van der Waals surface area contributed by atoms with Gasteiger partial charge in [-0.3, -0.25) is 9.78 Å². The standard InChI is InChI=1S/C15H18N4O/c1-2-11(12-6-4-3-5-7-12)8-18-14-10-17-9-13(19-14)15(16)20/h3-7,9-11H,2,8H2,1H3,(H2,16,20)(H,18,19). The largest absolute Gasteiger partial charge is 0.368 e. The van der Waals surface area contributed by atoms with Crippen molar-refractivity contribution in [3.8, 4) is 0 Å². The van der Waals surface area contributed by atoms with E-state index in [4.69, 9.17) is 5.73 Å². The Bertz CT molecular complexity index is 571. The molecule has 1 heterocycles. The van der Waals surface area contributed by atoms with Crippen molar-refractivity contribution in [3.63, 3.8) is 0 Å². The van der Waals surface area contributed by atoms with Crippen molar-refractivity contribution in [1.82, 2.24) is 9.97 Å². The van der Waals surface area contributed by atoms with Crippen LogP contribution in [0.3, 0.4) is 0 Å². The van der Waals surface area contributed by atoms with Crippen LogP contribution in [0.2, 0.25) is 0 Å². The van der Waals surface area contributed by atoms with Crippen molar-refractivity contribution < 1.29 is 4.79 Å². The predicted octanol–water partition coefficient (Wildman–Crippen LogP) is 2.18. The van der Waals surface area contributed by atoms with Gasteiger partial charge in [-0.05, 0) is 12.0 Å².